The molecule has 0 saturated carbocycles. The average molecular weight is 249 g/mol. The third-order valence-corrected chi connectivity index (χ3v) is 2.75. The van der Waals surface area contributed by atoms with Crippen molar-refractivity contribution < 1.29 is 14.3 Å². The van der Waals surface area contributed by atoms with Crippen molar-refractivity contribution >= 4 is 11.9 Å². The first-order valence-electron chi connectivity index (χ1n) is 5.92. The molecular formula is C14H19NO3. The molecule has 1 aromatic carbocycles. The number of amides is 1. The monoisotopic (exact) mass is 249 g/mol. The number of aryl methyl sites for hydroxylation is 2. The van der Waals surface area contributed by atoms with E-state index in [2.05, 4.69) is 42.1 Å². The quantitative estimate of drug-likeness (QED) is 0.636. The molecule has 0 aliphatic rings. The second-order valence-electron chi connectivity index (χ2n) is 4.28. The summed E-state index contributed by atoms with van der Waals surface area (Å²) in [6, 6.07) is 6.24. The molecule has 18 heavy (non-hydrogen) atoms. The van der Waals surface area contributed by atoms with Crippen LogP contribution in [0.4, 0.5) is 0 Å². The molecule has 0 aliphatic heterocycles. The van der Waals surface area contributed by atoms with Crippen LogP contribution in [0.1, 0.15) is 23.1 Å². The molecule has 4 heteroatoms. The van der Waals surface area contributed by atoms with Gasteiger partial charge in [0.2, 0.25) is 5.91 Å². The summed E-state index contributed by atoms with van der Waals surface area (Å²) < 4.78 is 4.42. The van der Waals surface area contributed by atoms with Crippen LogP contribution in [-0.4, -0.2) is 25.5 Å². The maximum atomic E-state index is 11.3. The average Bonchev–Trinajstić information content (AvgIpc) is 2.31. The minimum Gasteiger partial charge on any atom is -0.469 e. The Morgan fingerprint density at radius 2 is 2.00 bits per heavy atom. The summed E-state index contributed by atoms with van der Waals surface area (Å²) in [4.78, 5) is 22.2. The van der Waals surface area contributed by atoms with Gasteiger partial charge >= 0.3 is 5.97 Å². The number of carbonyl (C=O) groups is 2. The van der Waals surface area contributed by atoms with Gasteiger partial charge in [0.05, 0.1) is 7.11 Å². The van der Waals surface area contributed by atoms with Gasteiger partial charge in [0.15, 0.2) is 0 Å². The van der Waals surface area contributed by atoms with Crippen molar-refractivity contribution in [2.45, 2.75) is 26.7 Å². The van der Waals surface area contributed by atoms with Crippen LogP contribution in [0.25, 0.3) is 0 Å². The first-order valence-corrected chi connectivity index (χ1v) is 5.92. The Labute approximate surface area is 107 Å². The van der Waals surface area contributed by atoms with Gasteiger partial charge in [-0.2, -0.15) is 0 Å². The summed E-state index contributed by atoms with van der Waals surface area (Å²) in [5.41, 5.74) is 3.65. The van der Waals surface area contributed by atoms with Crippen LogP contribution < -0.4 is 5.32 Å². The Hall–Kier alpha value is -1.84. The zero-order valence-corrected chi connectivity index (χ0v) is 11.1. The summed E-state index contributed by atoms with van der Waals surface area (Å²) in [7, 11) is 1.27. The number of hydrogen-bond acceptors (Lipinski definition) is 3. The molecule has 98 valence electrons. The molecule has 0 spiro atoms. The van der Waals surface area contributed by atoms with E-state index in [9.17, 15) is 9.59 Å². The van der Waals surface area contributed by atoms with Crippen LogP contribution in [0.15, 0.2) is 18.2 Å². The third-order valence-electron chi connectivity index (χ3n) is 2.75. The Balaban J connectivity index is 2.37. The molecule has 0 atom stereocenters. The van der Waals surface area contributed by atoms with Crippen molar-refractivity contribution in [1.82, 2.24) is 5.32 Å². The number of benzene rings is 1. The van der Waals surface area contributed by atoms with E-state index < -0.39 is 5.97 Å². The van der Waals surface area contributed by atoms with Crippen molar-refractivity contribution in [3.63, 3.8) is 0 Å². The number of hydrogen-bond donors (Lipinski definition) is 1. The standard InChI is InChI=1S/C14H19NO3/c1-10-4-5-12(11(2)8-10)6-7-15-13(16)9-14(17)18-3/h4-5,8H,6-7,9H2,1-3H3,(H,15,16). The Kier molecular flexibility index (Phi) is 5.36. The van der Waals surface area contributed by atoms with Crippen molar-refractivity contribution in [2.75, 3.05) is 13.7 Å². The third kappa shape index (κ3) is 4.57. The van der Waals surface area contributed by atoms with Gasteiger partial charge in [-0.15, -0.1) is 0 Å². The minimum absolute atomic E-state index is 0.219. The zero-order valence-electron chi connectivity index (χ0n) is 11.1. The smallest absolute Gasteiger partial charge is 0.315 e. The van der Waals surface area contributed by atoms with Crippen LogP contribution in [-0.2, 0) is 20.7 Å². The summed E-state index contributed by atoms with van der Waals surface area (Å²) in [5.74, 6) is -0.814. The number of ether oxygens (including phenoxy) is 1. The van der Waals surface area contributed by atoms with E-state index >= 15 is 0 Å². The SMILES string of the molecule is COC(=O)CC(=O)NCCc1ccc(C)cc1C. The van der Waals surface area contributed by atoms with E-state index in [1.165, 1.54) is 23.8 Å². The maximum Gasteiger partial charge on any atom is 0.315 e. The predicted octanol–water partition coefficient (Wildman–Crippen LogP) is 1.53. The largest absolute Gasteiger partial charge is 0.469 e. The van der Waals surface area contributed by atoms with E-state index in [0.29, 0.717) is 6.54 Å². The van der Waals surface area contributed by atoms with E-state index in [0.717, 1.165) is 6.42 Å². The van der Waals surface area contributed by atoms with Gasteiger partial charge in [-0.25, -0.2) is 0 Å². The number of nitrogens with one attached hydrogen (secondary N) is 1. The van der Waals surface area contributed by atoms with Crippen LogP contribution in [0.5, 0.6) is 0 Å². The van der Waals surface area contributed by atoms with Crippen molar-refractivity contribution in [2.24, 2.45) is 0 Å². The lowest BCUT2D eigenvalue weighted by Crippen LogP contribution is -2.28. The molecule has 0 bridgehead atoms. The lowest BCUT2D eigenvalue weighted by molar-refractivity contribution is -0.143. The van der Waals surface area contributed by atoms with Crippen LogP contribution in [0.3, 0.4) is 0 Å². The molecule has 0 heterocycles. The fourth-order valence-corrected chi connectivity index (χ4v) is 1.73. The van der Waals surface area contributed by atoms with Gasteiger partial charge in [-0.1, -0.05) is 23.8 Å². The predicted molar refractivity (Wildman–Crippen MR) is 69.3 cm³/mol. The molecular weight excluding hydrogens is 230 g/mol. The second-order valence-corrected chi connectivity index (χ2v) is 4.28. The number of methoxy groups -OCH3 is 1. The maximum absolute atomic E-state index is 11.3. The topological polar surface area (TPSA) is 55.4 Å². The highest BCUT2D eigenvalue weighted by Crippen LogP contribution is 2.10. The number of esters is 1. The van der Waals surface area contributed by atoms with Crippen LogP contribution in [0.2, 0.25) is 0 Å². The number of rotatable bonds is 5. The lowest BCUT2D eigenvalue weighted by Gasteiger charge is -2.08. The first-order chi connectivity index (χ1) is 8.52. The first kappa shape index (κ1) is 14.2. The van der Waals surface area contributed by atoms with Gasteiger partial charge in [0.25, 0.3) is 0 Å². The fourth-order valence-electron chi connectivity index (χ4n) is 1.73. The Bertz CT molecular complexity index is 441. The van der Waals surface area contributed by atoms with Crippen molar-refractivity contribution in [1.29, 1.82) is 0 Å². The summed E-state index contributed by atoms with van der Waals surface area (Å²) in [6.45, 7) is 4.63. The molecule has 0 unspecified atom stereocenters. The second kappa shape index (κ2) is 6.79. The fraction of sp³-hybridized carbons (Fsp3) is 0.429. The minimum atomic E-state index is -0.515. The highest BCUT2D eigenvalue weighted by molar-refractivity contribution is 5.94. The highest BCUT2D eigenvalue weighted by Gasteiger charge is 2.08. The molecule has 0 radical (unpaired) electrons. The molecule has 1 amide bonds. The molecule has 1 aromatic rings. The zero-order chi connectivity index (χ0) is 13.5. The molecule has 1 rings (SSSR count). The van der Waals surface area contributed by atoms with E-state index in [1.807, 2.05) is 0 Å². The van der Waals surface area contributed by atoms with E-state index in [-0.39, 0.29) is 12.3 Å². The molecule has 0 aliphatic carbocycles. The lowest BCUT2D eigenvalue weighted by atomic mass is 10.0. The van der Waals surface area contributed by atoms with Gasteiger partial charge in [-0.05, 0) is 31.4 Å². The molecule has 1 N–H and O–H groups in total. The summed E-state index contributed by atoms with van der Waals surface area (Å²) in [5, 5.41) is 2.70. The van der Waals surface area contributed by atoms with Gasteiger partial charge in [0, 0.05) is 6.54 Å². The summed E-state index contributed by atoms with van der Waals surface area (Å²) in [6.07, 6.45) is 0.544. The van der Waals surface area contributed by atoms with Crippen molar-refractivity contribution in [3.05, 3.63) is 34.9 Å². The van der Waals surface area contributed by atoms with Crippen LogP contribution in [0, 0.1) is 13.8 Å². The molecule has 0 fully saturated rings. The van der Waals surface area contributed by atoms with E-state index in [4.69, 9.17) is 0 Å². The van der Waals surface area contributed by atoms with Gasteiger partial charge in [0.1, 0.15) is 6.42 Å². The van der Waals surface area contributed by atoms with Crippen molar-refractivity contribution in [3.8, 4) is 0 Å². The Morgan fingerprint density at radius 1 is 1.28 bits per heavy atom. The highest BCUT2D eigenvalue weighted by atomic mass is 16.5. The molecule has 4 nitrogen and oxygen atoms in total. The Morgan fingerprint density at radius 3 is 2.61 bits per heavy atom. The normalized spacial score (nSPS) is 9.94. The molecule has 0 saturated heterocycles. The summed E-state index contributed by atoms with van der Waals surface area (Å²) >= 11 is 0. The number of carbonyl (C=O) groups excluding carboxylic acids is 2. The van der Waals surface area contributed by atoms with Crippen LogP contribution >= 0.6 is 0 Å². The molecule has 0 aromatic heterocycles. The van der Waals surface area contributed by atoms with Gasteiger partial charge in [-0.3, -0.25) is 9.59 Å². The van der Waals surface area contributed by atoms with E-state index in [1.54, 1.807) is 0 Å². The van der Waals surface area contributed by atoms with Gasteiger partial charge < -0.3 is 10.1 Å².